The van der Waals surface area contributed by atoms with Gasteiger partial charge in [0.25, 0.3) is 0 Å². The van der Waals surface area contributed by atoms with Gasteiger partial charge in [0.05, 0.1) is 12.7 Å². The van der Waals surface area contributed by atoms with E-state index < -0.39 is 14.5 Å². The SMILES string of the molecule is CC1C[C@H](O)OC1CO[PH](=O)O. The second-order valence-corrected chi connectivity index (χ2v) is 3.74. The summed E-state index contributed by atoms with van der Waals surface area (Å²) in [5, 5.41) is 9.03. The highest BCUT2D eigenvalue weighted by atomic mass is 31.1. The van der Waals surface area contributed by atoms with Crippen molar-refractivity contribution in [1.82, 2.24) is 0 Å². The molecule has 0 aromatic rings. The van der Waals surface area contributed by atoms with Crippen molar-refractivity contribution < 1.29 is 23.8 Å². The van der Waals surface area contributed by atoms with Crippen LogP contribution in [0.4, 0.5) is 0 Å². The fourth-order valence-electron chi connectivity index (χ4n) is 1.22. The molecule has 3 unspecified atom stereocenters. The first-order valence-electron chi connectivity index (χ1n) is 3.79. The molecule has 0 spiro atoms. The van der Waals surface area contributed by atoms with E-state index in [1.165, 1.54) is 0 Å². The molecule has 0 bridgehead atoms. The van der Waals surface area contributed by atoms with Crippen LogP contribution in [0.5, 0.6) is 0 Å². The van der Waals surface area contributed by atoms with Crippen molar-refractivity contribution in [1.29, 1.82) is 0 Å². The van der Waals surface area contributed by atoms with Crippen LogP contribution in [-0.4, -0.2) is 29.0 Å². The molecule has 72 valence electrons. The van der Waals surface area contributed by atoms with Crippen molar-refractivity contribution in [2.75, 3.05) is 6.61 Å². The Hall–Kier alpha value is 0.0700. The fraction of sp³-hybridized carbons (Fsp3) is 1.00. The standard InChI is InChI=1S/C6H13O5P/c1-4-2-6(7)11-5(4)3-10-12(8)9/h4-7,12H,2-3H2,1H3,(H,8,9)/t4?,5?,6-/m1/s1. The number of hydrogen-bond acceptors (Lipinski definition) is 4. The number of ether oxygens (including phenoxy) is 1. The summed E-state index contributed by atoms with van der Waals surface area (Å²) in [4.78, 5) is 8.37. The van der Waals surface area contributed by atoms with Gasteiger partial charge in [-0.2, -0.15) is 0 Å². The van der Waals surface area contributed by atoms with E-state index in [1.54, 1.807) is 0 Å². The van der Waals surface area contributed by atoms with Gasteiger partial charge < -0.3 is 19.3 Å². The van der Waals surface area contributed by atoms with Crippen LogP contribution >= 0.6 is 8.25 Å². The van der Waals surface area contributed by atoms with E-state index in [0.717, 1.165) is 0 Å². The predicted molar refractivity (Wildman–Crippen MR) is 41.8 cm³/mol. The lowest BCUT2D eigenvalue weighted by Gasteiger charge is -2.12. The first kappa shape index (κ1) is 10.2. The van der Waals surface area contributed by atoms with E-state index in [-0.39, 0.29) is 18.6 Å². The summed E-state index contributed by atoms with van der Waals surface area (Å²) in [5.41, 5.74) is 0. The maximum Gasteiger partial charge on any atom is 0.316 e. The smallest absolute Gasteiger partial charge is 0.316 e. The quantitative estimate of drug-likeness (QED) is 0.627. The summed E-state index contributed by atoms with van der Waals surface area (Å²) in [6, 6.07) is 0. The summed E-state index contributed by atoms with van der Waals surface area (Å²) >= 11 is 0. The monoisotopic (exact) mass is 196 g/mol. The zero-order valence-electron chi connectivity index (χ0n) is 6.77. The molecule has 0 radical (unpaired) electrons. The summed E-state index contributed by atoms with van der Waals surface area (Å²) < 4.78 is 19.7. The van der Waals surface area contributed by atoms with Gasteiger partial charge in [-0.25, -0.2) is 0 Å². The van der Waals surface area contributed by atoms with Crippen LogP contribution in [0, 0.1) is 5.92 Å². The lowest BCUT2D eigenvalue weighted by atomic mass is 10.1. The van der Waals surface area contributed by atoms with Gasteiger partial charge in [0.2, 0.25) is 0 Å². The summed E-state index contributed by atoms with van der Waals surface area (Å²) in [5.74, 6) is 0.168. The van der Waals surface area contributed by atoms with E-state index in [2.05, 4.69) is 4.52 Å². The first-order valence-corrected chi connectivity index (χ1v) is 5.05. The Balaban J connectivity index is 2.28. The van der Waals surface area contributed by atoms with Gasteiger partial charge in [-0.3, -0.25) is 4.57 Å². The van der Waals surface area contributed by atoms with Crippen molar-refractivity contribution in [2.45, 2.75) is 25.7 Å². The van der Waals surface area contributed by atoms with E-state index in [4.69, 9.17) is 14.7 Å². The molecule has 0 aromatic carbocycles. The molecule has 1 saturated heterocycles. The van der Waals surface area contributed by atoms with Crippen molar-refractivity contribution in [3.63, 3.8) is 0 Å². The van der Waals surface area contributed by atoms with Crippen LogP contribution in [0.3, 0.4) is 0 Å². The maximum atomic E-state index is 10.2. The highest BCUT2D eigenvalue weighted by Crippen LogP contribution is 2.27. The average Bonchev–Trinajstić information content (AvgIpc) is 2.26. The average molecular weight is 196 g/mol. The first-order chi connectivity index (χ1) is 5.59. The van der Waals surface area contributed by atoms with Gasteiger partial charge in [-0.1, -0.05) is 6.92 Å². The van der Waals surface area contributed by atoms with Crippen molar-refractivity contribution >= 4 is 8.25 Å². The number of aliphatic hydroxyl groups is 1. The van der Waals surface area contributed by atoms with Gasteiger partial charge in [0, 0.05) is 6.42 Å². The van der Waals surface area contributed by atoms with E-state index in [9.17, 15) is 4.57 Å². The molecule has 0 amide bonds. The minimum Gasteiger partial charge on any atom is -0.368 e. The summed E-state index contributed by atoms with van der Waals surface area (Å²) in [7, 11) is -2.87. The Morgan fingerprint density at radius 3 is 2.83 bits per heavy atom. The van der Waals surface area contributed by atoms with Gasteiger partial charge in [0.1, 0.15) is 0 Å². The van der Waals surface area contributed by atoms with E-state index in [0.29, 0.717) is 6.42 Å². The van der Waals surface area contributed by atoms with Crippen molar-refractivity contribution in [2.24, 2.45) is 5.92 Å². The Labute approximate surface area is 71.3 Å². The van der Waals surface area contributed by atoms with Gasteiger partial charge in [0.15, 0.2) is 6.29 Å². The second-order valence-electron chi connectivity index (χ2n) is 2.92. The van der Waals surface area contributed by atoms with Crippen molar-refractivity contribution in [3.8, 4) is 0 Å². The van der Waals surface area contributed by atoms with E-state index in [1.807, 2.05) is 6.92 Å². The van der Waals surface area contributed by atoms with E-state index >= 15 is 0 Å². The maximum absolute atomic E-state index is 10.2. The van der Waals surface area contributed by atoms with Crippen LogP contribution in [0.15, 0.2) is 0 Å². The molecular weight excluding hydrogens is 183 g/mol. The third-order valence-electron chi connectivity index (χ3n) is 1.91. The Morgan fingerprint density at radius 1 is 1.75 bits per heavy atom. The van der Waals surface area contributed by atoms with Crippen LogP contribution in [0.1, 0.15) is 13.3 Å². The lowest BCUT2D eigenvalue weighted by Crippen LogP contribution is -2.19. The number of aliphatic hydroxyl groups excluding tert-OH is 1. The minimum absolute atomic E-state index is 0.0759. The zero-order valence-corrected chi connectivity index (χ0v) is 7.77. The lowest BCUT2D eigenvalue weighted by molar-refractivity contribution is -0.101. The van der Waals surface area contributed by atoms with Crippen LogP contribution in [-0.2, 0) is 13.8 Å². The molecule has 2 N–H and O–H groups in total. The highest BCUT2D eigenvalue weighted by Gasteiger charge is 2.31. The topological polar surface area (TPSA) is 76.0 Å². The highest BCUT2D eigenvalue weighted by molar-refractivity contribution is 7.32. The molecule has 6 heteroatoms. The van der Waals surface area contributed by atoms with Gasteiger partial charge in [-0.05, 0) is 5.92 Å². The molecule has 1 rings (SSSR count). The van der Waals surface area contributed by atoms with Gasteiger partial charge in [-0.15, -0.1) is 0 Å². The molecule has 0 saturated carbocycles. The second kappa shape index (κ2) is 4.35. The third kappa shape index (κ3) is 2.84. The molecule has 1 aliphatic rings. The Morgan fingerprint density at radius 2 is 2.42 bits per heavy atom. The summed E-state index contributed by atoms with van der Waals surface area (Å²) in [6.07, 6.45) is -0.462. The molecular formula is C6H13O5P. The predicted octanol–water partition coefficient (Wildman–Crippen LogP) is 0.128. The van der Waals surface area contributed by atoms with Crippen LogP contribution in [0.25, 0.3) is 0 Å². The Kier molecular flexibility index (Phi) is 3.68. The number of hydrogen-bond donors (Lipinski definition) is 2. The van der Waals surface area contributed by atoms with Crippen LogP contribution in [0.2, 0.25) is 0 Å². The molecule has 5 nitrogen and oxygen atoms in total. The Bertz CT molecular complexity index is 173. The normalized spacial score (nSPS) is 38.4. The molecule has 1 aliphatic heterocycles. The molecule has 0 aliphatic carbocycles. The molecule has 12 heavy (non-hydrogen) atoms. The number of rotatable bonds is 3. The molecule has 1 fully saturated rings. The third-order valence-corrected chi connectivity index (χ3v) is 2.32. The summed E-state index contributed by atoms with van der Waals surface area (Å²) in [6.45, 7) is 1.98. The minimum atomic E-state index is -2.87. The largest absolute Gasteiger partial charge is 0.368 e. The zero-order chi connectivity index (χ0) is 9.14. The fourth-order valence-corrected chi connectivity index (χ4v) is 1.53. The van der Waals surface area contributed by atoms with Crippen molar-refractivity contribution in [3.05, 3.63) is 0 Å². The molecule has 4 atom stereocenters. The van der Waals surface area contributed by atoms with Gasteiger partial charge >= 0.3 is 8.25 Å². The molecule has 0 aromatic heterocycles. The molecule has 1 heterocycles. The van der Waals surface area contributed by atoms with Crippen LogP contribution < -0.4 is 0 Å².